The summed E-state index contributed by atoms with van der Waals surface area (Å²) in [6.07, 6.45) is 5.70. The molecule has 17 heavy (non-hydrogen) atoms. The van der Waals surface area contributed by atoms with E-state index < -0.39 is 0 Å². The lowest BCUT2D eigenvalue weighted by Crippen LogP contribution is -2.60. The molecule has 5 nitrogen and oxygen atoms in total. The second-order valence-corrected chi connectivity index (χ2v) is 4.51. The second kappa shape index (κ2) is 5.31. The highest BCUT2D eigenvalue weighted by Gasteiger charge is 2.34. The van der Waals surface area contributed by atoms with Crippen LogP contribution in [0.2, 0.25) is 0 Å². The summed E-state index contributed by atoms with van der Waals surface area (Å²) in [5.41, 5.74) is 0. The Morgan fingerprint density at radius 1 is 1.35 bits per heavy atom. The summed E-state index contributed by atoms with van der Waals surface area (Å²) in [4.78, 5) is 25.8. The Hall–Kier alpha value is -1.36. The van der Waals surface area contributed by atoms with Crippen molar-refractivity contribution in [2.24, 2.45) is 5.92 Å². The first kappa shape index (κ1) is 12.1. The van der Waals surface area contributed by atoms with E-state index in [0.29, 0.717) is 13.1 Å². The lowest BCUT2D eigenvalue weighted by Gasteiger charge is -2.36. The van der Waals surface area contributed by atoms with Gasteiger partial charge < -0.3 is 15.5 Å². The van der Waals surface area contributed by atoms with Crippen LogP contribution in [-0.4, -0.2) is 49.4 Å². The number of carbonyl (C=O) groups is 2. The van der Waals surface area contributed by atoms with Crippen LogP contribution in [0.1, 0.15) is 12.8 Å². The van der Waals surface area contributed by atoms with Gasteiger partial charge in [0.1, 0.15) is 6.04 Å². The van der Waals surface area contributed by atoms with Crippen molar-refractivity contribution >= 4 is 11.8 Å². The quantitative estimate of drug-likeness (QED) is 0.636. The number of allylic oxidation sites excluding steroid dienone is 2. The highest BCUT2D eigenvalue weighted by Crippen LogP contribution is 2.22. The Morgan fingerprint density at radius 2 is 2.06 bits per heavy atom. The smallest absolute Gasteiger partial charge is 0.243 e. The molecule has 0 radical (unpaired) electrons. The molecule has 1 unspecified atom stereocenters. The van der Waals surface area contributed by atoms with Crippen LogP contribution >= 0.6 is 0 Å². The minimum absolute atomic E-state index is 0.0419. The van der Waals surface area contributed by atoms with E-state index in [2.05, 4.69) is 10.6 Å². The van der Waals surface area contributed by atoms with E-state index >= 15 is 0 Å². The number of carbonyl (C=O) groups excluding carboxylic acids is 2. The molecule has 5 heteroatoms. The fourth-order valence-corrected chi connectivity index (χ4v) is 2.42. The van der Waals surface area contributed by atoms with Gasteiger partial charge in [-0.2, -0.15) is 0 Å². The summed E-state index contributed by atoms with van der Waals surface area (Å²) >= 11 is 0. The summed E-state index contributed by atoms with van der Waals surface area (Å²) in [5, 5.41) is 5.78. The molecule has 2 aliphatic rings. The fraction of sp³-hybridized carbons (Fsp3) is 0.667. The third-order valence-corrected chi connectivity index (χ3v) is 3.43. The number of nitrogens with one attached hydrogen (secondary N) is 2. The molecule has 1 saturated heterocycles. The van der Waals surface area contributed by atoms with Crippen molar-refractivity contribution in [3.63, 3.8) is 0 Å². The highest BCUT2D eigenvalue weighted by atomic mass is 16.2. The molecule has 1 atom stereocenters. The van der Waals surface area contributed by atoms with Gasteiger partial charge in [-0.05, 0) is 12.8 Å². The van der Waals surface area contributed by atoms with Crippen LogP contribution in [-0.2, 0) is 9.59 Å². The van der Waals surface area contributed by atoms with Crippen molar-refractivity contribution in [2.45, 2.75) is 18.9 Å². The SMILES string of the molecule is CNC(=O)C1CNCCN1C(=O)C1CC=CC1. The van der Waals surface area contributed by atoms with Crippen LogP contribution in [0.25, 0.3) is 0 Å². The summed E-state index contributed by atoms with van der Waals surface area (Å²) < 4.78 is 0. The monoisotopic (exact) mass is 237 g/mol. The van der Waals surface area contributed by atoms with Crippen molar-refractivity contribution in [2.75, 3.05) is 26.7 Å². The lowest BCUT2D eigenvalue weighted by molar-refractivity contribution is -0.144. The minimum atomic E-state index is -0.359. The van der Waals surface area contributed by atoms with Gasteiger partial charge in [-0.3, -0.25) is 9.59 Å². The Morgan fingerprint density at radius 3 is 2.71 bits per heavy atom. The number of hydrogen-bond donors (Lipinski definition) is 2. The summed E-state index contributed by atoms with van der Waals surface area (Å²) in [6.45, 7) is 1.93. The predicted molar refractivity (Wildman–Crippen MR) is 64.3 cm³/mol. The number of rotatable bonds is 2. The molecule has 2 amide bonds. The normalized spacial score (nSPS) is 25.0. The molecular weight excluding hydrogens is 218 g/mol. The number of nitrogens with zero attached hydrogens (tertiary/aromatic N) is 1. The average Bonchev–Trinajstić information content (AvgIpc) is 2.91. The Kier molecular flexibility index (Phi) is 3.78. The standard InChI is InChI=1S/C12H19N3O2/c1-13-11(16)10-8-14-6-7-15(10)12(17)9-4-2-3-5-9/h2-3,9-10,14H,4-8H2,1H3,(H,13,16). The molecule has 1 aliphatic carbocycles. The van der Waals surface area contributed by atoms with Gasteiger partial charge in [-0.1, -0.05) is 12.2 Å². The van der Waals surface area contributed by atoms with Crippen LogP contribution < -0.4 is 10.6 Å². The van der Waals surface area contributed by atoms with Crippen LogP contribution in [0.4, 0.5) is 0 Å². The van der Waals surface area contributed by atoms with E-state index in [9.17, 15) is 9.59 Å². The molecule has 1 heterocycles. The average molecular weight is 237 g/mol. The molecule has 0 spiro atoms. The van der Waals surface area contributed by atoms with Crippen molar-refractivity contribution in [3.05, 3.63) is 12.2 Å². The molecule has 0 aromatic carbocycles. The zero-order chi connectivity index (χ0) is 12.3. The fourth-order valence-electron chi connectivity index (χ4n) is 2.42. The molecule has 0 aromatic rings. The topological polar surface area (TPSA) is 61.4 Å². The molecule has 2 rings (SSSR count). The number of hydrogen-bond acceptors (Lipinski definition) is 3. The van der Waals surface area contributed by atoms with Crippen molar-refractivity contribution in [1.82, 2.24) is 15.5 Å². The molecule has 1 aliphatic heterocycles. The van der Waals surface area contributed by atoms with Gasteiger partial charge in [0.15, 0.2) is 0 Å². The van der Waals surface area contributed by atoms with E-state index in [1.54, 1.807) is 11.9 Å². The molecule has 0 aromatic heterocycles. The van der Waals surface area contributed by atoms with Gasteiger partial charge in [0.05, 0.1) is 0 Å². The maximum atomic E-state index is 12.3. The van der Waals surface area contributed by atoms with E-state index in [1.807, 2.05) is 12.2 Å². The second-order valence-electron chi connectivity index (χ2n) is 4.51. The maximum absolute atomic E-state index is 12.3. The molecular formula is C12H19N3O2. The molecule has 0 saturated carbocycles. The van der Waals surface area contributed by atoms with Gasteiger partial charge >= 0.3 is 0 Å². The maximum Gasteiger partial charge on any atom is 0.243 e. The van der Waals surface area contributed by atoms with Gasteiger partial charge in [0.25, 0.3) is 0 Å². The van der Waals surface area contributed by atoms with E-state index in [-0.39, 0.29) is 23.8 Å². The first-order valence-electron chi connectivity index (χ1n) is 6.12. The molecule has 1 fully saturated rings. The highest BCUT2D eigenvalue weighted by molar-refractivity contribution is 5.89. The first-order chi connectivity index (χ1) is 8.24. The van der Waals surface area contributed by atoms with E-state index in [0.717, 1.165) is 19.4 Å². The van der Waals surface area contributed by atoms with Crippen LogP contribution in [0.5, 0.6) is 0 Å². The first-order valence-corrected chi connectivity index (χ1v) is 6.12. The number of likely N-dealkylation sites (N-methyl/N-ethyl adjacent to an activating group) is 1. The lowest BCUT2D eigenvalue weighted by atomic mass is 10.0. The zero-order valence-corrected chi connectivity index (χ0v) is 10.1. The van der Waals surface area contributed by atoms with E-state index in [1.165, 1.54) is 0 Å². The van der Waals surface area contributed by atoms with Gasteiger partial charge in [0.2, 0.25) is 11.8 Å². The van der Waals surface area contributed by atoms with Crippen LogP contribution in [0.3, 0.4) is 0 Å². The van der Waals surface area contributed by atoms with Crippen molar-refractivity contribution in [3.8, 4) is 0 Å². The summed E-state index contributed by atoms with van der Waals surface area (Å²) in [5.74, 6) is 0.0712. The number of amides is 2. The van der Waals surface area contributed by atoms with E-state index in [4.69, 9.17) is 0 Å². The van der Waals surface area contributed by atoms with Gasteiger partial charge in [-0.25, -0.2) is 0 Å². The molecule has 2 N–H and O–H groups in total. The van der Waals surface area contributed by atoms with Crippen molar-refractivity contribution < 1.29 is 9.59 Å². The largest absolute Gasteiger partial charge is 0.357 e. The summed E-state index contributed by atoms with van der Waals surface area (Å²) in [7, 11) is 1.61. The summed E-state index contributed by atoms with van der Waals surface area (Å²) in [6, 6.07) is -0.359. The molecule has 0 bridgehead atoms. The zero-order valence-electron chi connectivity index (χ0n) is 10.1. The van der Waals surface area contributed by atoms with Crippen LogP contribution in [0.15, 0.2) is 12.2 Å². The van der Waals surface area contributed by atoms with Crippen molar-refractivity contribution in [1.29, 1.82) is 0 Å². The minimum Gasteiger partial charge on any atom is -0.357 e. The third-order valence-electron chi connectivity index (χ3n) is 3.43. The predicted octanol–water partition coefficient (Wildman–Crippen LogP) is -0.501. The van der Waals surface area contributed by atoms with Crippen LogP contribution in [0, 0.1) is 5.92 Å². The molecule has 94 valence electrons. The Bertz CT molecular complexity index is 333. The van der Waals surface area contributed by atoms with Gasteiger partial charge in [0, 0.05) is 32.6 Å². The Balaban J connectivity index is 2.05. The van der Waals surface area contributed by atoms with Gasteiger partial charge in [-0.15, -0.1) is 0 Å². The Labute approximate surface area is 101 Å². The third kappa shape index (κ3) is 2.49. The number of piperazine rings is 1.